The maximum Gasteiger partial charge on any atom is 0.0412 e. The van der Waals surface area contributed by atoms with E-state index in [4.69, 9.17) is 0 Å². The number of hydrogen-bond acceptors (Lipinski definition) is 3. The van der Waals surface area contributed by atoms with Gasteiger partial charge < -0.3 is 10.2 Å². The average molecular weight is 278 g/mol. The molecule has 1 heterocycles. The zero-order valence-corrected chi connectivity index (χ0v) is 13.4. The molecule has 3 heteroatoms. The van der Waals surface area contributed by atoms with Crippen molar-refractivity contribution < 1.29 is 0 Å². The van der Waals surface area contributed by atoms with Gasteiger partial charge in [-0.15, -0.1) is 0 Å². The fraction of sp³-hybridized carbons (Fsp3) is 0.625. The van der Waals surface area contributed by atoms with Crippen molar-refractivity contribution in [1.29, 1.82) is 0 Å². The molecule has 1 fully saturated rings. The van der Waals surface area contributed by atoms with Crippen LogP contribution in [0.5, 0.6) is 0 Å². The van der Waals surface area contributed by atoms with Gasteiger partial charge in [0.2, 0.25) is 0 Å². The number of nitrogens with zero attached hydrogens (tertiary/aromatic N) is 1. The van der Waals surface area contributed by atoms with Crippen LogP contribution in [0.25, 0.3) is 0 Å². The summed E-state index contributed by atoms with van der Waals surface area (Å²) in [6.07, 6.45) is 1.31. The maximum atomic E-state index is 3.59. The summed E-state index contributed by atoms with van der Waals surface area (Å²) in [6, 6.07) is 9.48. The zero-order valence-electron chi connectivity index (χ0n) is 12.6. The summed E-state index contributed by atoms with van der Waals surface area (Å²) in [5.41, 5.74) is 2.94. The van der Waals surface area contributed by atoms with Crippen LogP contribution in [0.4, 0.5) is 5.69 Å². The first-order chi connectivity index (χ1) is 8.97. The summed E-state index contributed by atoms with van der Waals surface area (Å²) < 4.78 is 0. The average Bonchev–Trinajstić information content (AvgIpc) is 2.89. The normalized spacial score (nSPS) is 19.7. The molecule has 1 aromatic carbocycles. The topological polar surface area (TPSA) is 15.3 Å². The SMILES string of the molecule is CN(c1ccccc1CNC(C)(C)C)C1CCSC1. The van der Waals surface area contributed by atoms with Gasteiger partial charge in [-0.1, -0.05) is 18.2 Å². The summed E-state index contributed by atoms with van der Waals surface area (Å²) in [5, 5.41) is 3.59. The van der Waals surface area contributed by atoms with E-state index in [0.29, 0.717) is 6.04 Å². The predicted molar refractivity (Wildman–Crippen MR) is 87.2 cm³/mol. The standard InChI is InChI=1S/C16H26N2S/c1-16(2,3)17-11-13-7-5-6-8-15(13)18(4)14-9-10-19-12-14/h5-8,14,17H,9-12H2,1-4H3. The van der Waals surface area contributed by atoms with Crippen LogP contribution in [-0.4, -0.2) is 30.1 Å². The predicted octanol–water partition coefficient (Wildman–Crippen LogP) is 3.52. The van der Waals surface area contributed by atoms with Crippen LogP contribution in [0.2, 0.25) is 0 Å². The van der Waals surface area contributed by atoms with Gasteiger partial charge in [0, 0.05) is 36.6 Å². The van der Waals surface area contributed by atoms with Crippen molar-refractivity contribution in [3.8, 4) is 0 Å². The van der Waals surface area contributed by atoms with Crippen LogP contribution < -0.4 is 10.2 Å². The molecule has 106 valence electrons. The van der Waals surface area contributed by atoms with Crippen LogP contribution in [-0.2, 0) is 6.54 Å². The Labute approximate surface area is 122 Å². The molecule has 1 saturated heterocycles. The van der Waals surface area contributed by atoms with Crippen molar-refractivity contribution in [2.75, 3.05) is 23.5 Å². The Bertz CT molecular complexity index is 405. The van der Waals surface area contributed by atoms with Gasteiger partial charge in [0.25, 0.3) is 0 Å². The lowest BCUT2D eigenvalue weighted by Crippen LogP contribution is -2.36. The Morgan fingerprint density at radius 1 is 1.32 bits per heavy atom. The molecule has 1 aromatic rings. The molecule has 0 saturated carbocycles. The van der Waals surface area contributed by atoms with Crippen molar-refractivity contribution in [2.24, 2.45) is 0 Å². The second-order valence-corrected chi connectivity index (χ2v) is 7.51. The van der Waals surface area contributed by atoms with Gasteiger partial charge in [0.15, 0.2) is 0 Å². The van der Waals surface area contributed by atoms with Crippen molar-refractivity contribution in [2.45, 2.75) is 45.3 Å². The van der Waals surface area contributed by atoms with E-state index in [2.05, 4.69) is 74.1 Å². The fourth-order valence-corrected chi connectivity index (χ4v) is 3.66. The first-order valence-electron chi connectivity index (χ1n) is 7.11. The Morgan fingerprint density at radius 3 is 2.68 bits per heavy atom. The van der Waals surface area contributed by atoms with E-state index in [1.54, 1.807) is 0 Å². The van der Waals surface area contributed by atoms with Crippen molar-refractivity contribution >= 4 is 17.4 Å². The van der Waals surface area contributed by atoms with Gasteiger partial charge >= 0.3 is 0 Å². The van der Waals surface area contributed by atoms with Gasteiger partial charge in [-0.2, -0.15) is 11.8 Å². The van der Waals surface area contributed by atoms with Crippen LogP contribution in [0.15, 0.2) is 24.3 Å². The third-order valence-electron chi connectivity index (χ3n) is 3.63. The molecule has 0 amide bonds. The van der Waals surface area contributed by atoms with Gasteiger partial charge in [0.05, 0.1) is 0 Å². The fourth-order valence-electron chi connectivity index (χ4n) is 2.39. The first-order valence-corrected chi connectivity index (χ1v) is 8.26. The van der Waals surface area contributed by atoms with E-state index >= 15 is 0 Å². The molecule has 0 aromatic heterocycles. The Kier molecular flexibility index (Phi) is 4.80. The van der Waals surface area contributed by atoms with E-state index < -0.39 is 0 Å². The lowest BCUT2D eigenvalue weighted by Gasteiger charge is -2.29. The van der Waals surface area contributed by atoms with Gasteiger partial charge in [-0.25, -0.2) is 0 Å². The van der Waals surface area contributed by atoms with Gasteiger partial charge in [-0.05, 0) is 44.6 Å². The second-order valence-electron chi connectivity index (χ2n) is 6.36. The molecule has 1 atom stereocenters. The minimum atomic E-state index is 0.162. The van der Waals surface area contributed by atoms with Crippen LogP contribution >= 0.6 is 11.8 Å². The molecule has 0 radical (unpaired) electrons. The number of hydrogen-bond donors (Lipinski definition) is 1. The molecular weight excluding hydrogens is 252 g/mol. The molecule has 0 aliphatic carbocycles. The minimum Gasteiger partial charge on any atom is -0.370 e. The summed E-state index contributed by atoms with van der Waals surface area (Å²) in [6.45, 7) is 7.58. The van der Waals surface area contributed by atoms with E-state index in [1.807, 2.05) is 0 Å². The van der Waals surface area contributed by atoms with Crippen molar-refractivity contribution in [3.05, 3.63) is 29.8 Å². The van der Waals surface area contributed by atoms with Gasteiger partial charge in [-0.3, -0.25) is 0 Å². The molecule has 1 N–H and O–H groups in total. The zero-order chi connectivity index (χ0) is 13.9. The van der Waals surface area contributed by atoms with Gasteiger partial charge in [0.1, 0.15) is 0 Å². The van der Waals surface area contributed by atoms with E-state index in [1.165, 1.54) is 29.2 Å². The number of para-hydroxylation sites is 1. The van der Waals surface area contributed by atoms with E-state index in [9.17, 15) is 0 Å². The summed E-state index contributed by atoms with van der Waals surface area (Å²) in [7, 11) is 2.24. The summed E-state index contributed by atoms with van der Waals surface area (Å²) >= 11 is 2.07. The second kappa shape index (κ2) is 6.19. The summed E-state index contributed by atoms with van der Waals surface area (Å²) in [4.78, 5) is 2.47. The van der Waals surface area contributed by atoms with Crippen LogP contribution in [0.1, 0.15) is 32.8 Å². The van der Waals surface area contributed by atoms with Crippen LogP contribution in [0.3, 0.4) is 0 Å². The Hall–Kier alpha value is -0.670. The molecule has 1 unspecified atom stereocenters. The lowest BCUT2D eigenvalue weighted by molar-refractivity contribution is 0.424. The molecule has 19 heavy (non-hydrogen) atoms. The minimum absolute atomic E-state index is 0.162. The third-order valence-corrected chi connectivity index (χ3v) is 4.78. The highest BCUT2D eigenvalue weighted by Gasteiger charge is 2.22. The maximum absolute atomic E-state index is 3.59. The first kappa shape index (κ1) is 14.7. The highest BCUT2D eigenvalue weighted by Crippen LogP contribution is 2.28. The van der Waals surface area contributed by atoms with E-state index in [-0.39, 0.29) is 5.54 Å². The number of thioether (sulfide) groups is 1. The monoisotopic (exact) mass is 278 g/mol. The third kappa shape index (κ3) is 4.15. The van der Waals surface area contributed by atoms with Crippen molar-refractivity contribution in [3.63, 3.8) is 0 Å². The molecule has 1 aliphatic heterocycles. The van der Waals surface area contributed by atoms with Crippen molar-refractivity contribution in [1.82, 2.24) is 5.32 Å². The lowest BCUT2D eigenvalue weighted by atomic mass is 10.1. The molecular formula is C16H26N2S. The number of rotatable bonds is 4. The number of benzene rings is 1. The van der Waals surface area contributed by atoms with Crippen LogP contribution in [0, 0.1) is 0 Å². The molecule has 1 aliphatic rings. The molecule has 2 nitrogen and oxygen atoms in total. The number of nitrogens with one attached hydrogen (secondary N) is 1. The molecule has 2 rings (SSSR count). The molecule has 0 bridgehead atoms. The smallest absolute Gasteiger partial charge is 0.0412 e. The Balaban J connectivity index is 2.11. The molecule has 0 spiro atoms. The largest absolute Gasteiger partial charge is 0.370 e. The highest BCUT2D eigenvalue weighted by atomic mass is 32.2. The Morgan fingerprint density at radius 2 is 2.05 bits per heavy atom. The highest BCUT2D eigenvalue weighted by molar-refractivity contribution is 7.99. The number of anilines is 1. The quantitative estimate of drug-likeness (QED) is 0.907. The summed E-state index contributed by atoms with van der Waals surface area (Å²) in [5.74, 6) is 2.56. The van der Waals surface area contributed by atoms with E-state index in [0.717, 1.165) is 6.54 Å².